The molecule has 0 radical (unpaired) electrons. The van der Waals surface area contributed by atoms with Crippen molar-refractivity contribution in [1.82, 2.24) is 10.2 Å². The Hall–Kier alpha value is -1.85. The minimum atomic E-state index is -0.546. The van der Waals surface area contributed by atoms with Gasteiger partial charge in [0.2, 0.25) is 5.91 Å². The molecular formula is C15H21ClN4O. The average Bonchev–Trinajstić information content (AvgIpc) is 2.91. The van der Waals surface area contributed by atoms with Gasteiger partial charge in [-0.25, -0.2) is 0 Å². The van der Waals surface area contributed by atoms with Crippen molar-refractivity contribution in [1.29, 1.82) is 0 Å². The van der Waals surface area contributed by atoms with Crippen molar-refractivity contribution < 1.29 is 4.79 Å². The summed E-state index contributed by atoms with van der Waals surface area (Å²) in [6, 6.07) is 8.89. The SMILES string of the molecule is CC(C)(C)[C@H](N)C(=O)Nc1ccc(-c2ccn[nH]2)cc1.Cl. The van der Waals surface area contributed by atoms with Gasteiger partial charge in [0.1, 0.15) is 0 Å². The maximum absolute atomic E-state index is 12.0. The molecule has 21 heavy (non-hydrogen) atoms. The lowest BCUT2D eigenvalue weighted by Gasteiger charge is -2.25. The standard InChI is InChI=1S/C15H20N4O.ClH/c1-15(2,3)13(16)14(20)18-11-6-4-10(5-7-11)12-8-9-17-19-12;/h4-9,13H,16H2,1-3H3,(H,17,19)(H,18,20);1H/t13-;/m1./s1. The molecule has 2 aromatic rings. The van der Waals surface area contributed by atoms with E-state index in [1.807, 2.05) is 51.1 Å². The highest BCUT2D eigenvalue weighted by molar-refractivity contribution is 5.95. The molecule has 1 aromatic carbocycles. The van der Waals surface area contributed by atoms with Gasteiger partial charge in [-0.2, -0.15) is 5.10 Å². The van der Waals surface area contributed by atoms with Gasteiger partial charge in [0.25, 0.3) is 0 Å². The Morgan fingerprint density at radius 3 is 2.33 bits per heavy atom. The fourth-order valence-electron chi connectivity index (χ4n) is 1.76. The number of rotatable bonds is 3. The first kappa shape index (κ1) is 17.2. The van der Waals surface area contributed by atoms with Crippen molar-refractivity contribution in [3.05, 3.63) is 36.5 Å². The van der Waals surface area contributed by atoms with Gasteiger partial charge in [0, 0.05) is 11.9 Å². The zero-order valence-electron chi connectivity index (χ0n) is 12.4. The third-order valence-corrected chi connectivity index (χ3v) is 3.18. The first-order valence-corrected chi connectivity index (χ1v) is 6.54. The van der Waals surface area contributed by atoms with E-state index in [9.17, 15) is 4.79 Å². The van der Waals surface area contributed by atoms with Crippen molar-refractivity contribution in [3.63, 3.8) is 0 Å². The van der Waals surface area contributed by atoms with E-state index in [1.165, 1.54) is 0 Å². The van der Waals surface area contributed by atoms with Gasteiger partial charge >= 0.3 is 0 Å². The highest BCUT2D eigenvalue weighted by atomic mass is 35.5. The molecule has 0 unspecified atom stereocenters. The van der Waals surface area contributed by atoms with E-state index in [0.29, 0.717) is 0 Å². The van der Waals surface area contributed by atoms with Crippen LogP contribution in [0, 0.1) is 5.41 Å². The van der Waals surface area contributed by atoms with Crippen LogP contribution in [0.2, 0.25) is 0 Å². The normalized spacial score (nSPS) is 12.4. The number of aromatic nitrogens is 2. The van der Waals surface area contributed by atoms with E-state index >= 15 is 0 Å². The van der Waals surface area contributed by atoms with Crippen molar-refractivity contribution in [2.75, 3.05) is 5.32 Å². The highest BCUT2D eigenvalue weighted by Gasteiger charge is 2.27. The molecule has 0 aliphatic carbocycles. The summed E-state index contributed by atoms with van der Waals surface area (Å²) in [4.78, 5) is 12.0. The van der Waals surface area contributed by atoms with Gasteiger partial charge in [0.05, 0.1) is 11.7 Å². The number of nitrogens with zero attached hydrogens (tertiary/aromatic N) is 1. The van der Waals surface area contributed by atoms with Crippen LogP contribution < -0.4 is 11.1 Å². The number of carbonyl (C=O) groups excluding carboxylic acids is 1. The first-order chi connectivity index (χ1) is 9.38. The van der Waals surface area contributed by atoms with Crippen molar-refractivity contribution in [3.8, 4) is 11.3 Å². The van der Waals surface area contributed by atoms with E-state index in [4.69, 9.17) is 5.73 Å². The summed E-state index contributed by atoms with van der Waals surface area (Å²) in [6.45, 7) is 5.83. The quantitative estimate of drug-likeness (QED) is 0.815. The van der Waals surface area contributed by atoms with Crippen molar-refractivity contribution in [2.24, 2.45) is 11.1 Å². The predicted molar refractivity (Wildman–Crippen MR) is 87.3 cm³/mol. The summed E-state index contributed by atoms with van der Waals surface area (Å²) in [5.41, 5.74) is 8.35. The molecule has 0 fully saturated rings. The third-order valence-electron chi connectivity index (χ3n) is 3.18. The fraction of sp³-hybridized carbons (Fsp3) is 0.333. The van der Waals surface area contributed by atoms with E-state index in [-0.39, 0.29) is 23.7 Å². The van der Waals surface area contributed by atoms with Crippen LogP contribution in [-0.4, -0.2) is 22.1 Å². The summed E-state index contributed by atoms with van der Waals surface area (Å²) < 4.78 is 0. The minimum absolute atomic E-state index is 0. The second-order valence-electron chi connectivity index (χ2n) is 5.88. The number of H-pyrrole nitrogens is 1. The van der Waals surface area contributed by atoms with Crippen LogP contribution in [0.4, 0.5) is 5.69 Å². The number of halogens is 1. The number of hydrogen-bond donors (Lipinski definition) is 3. The highest BCUT2D eigenvalue weighted by Crippen LogP contribution is 2.21. The Balaban J connectivity index is 0.00000220. The van der Waals surface area contributed by atoms with E-state index in [0.717, 1.165) is 16.9 Å². The molecule has 6 heteroatoms. The van der Waals surface area contributed by atoms with Crippen molar-refractivity contribution >= 4 is 24.0 Å². The minimum Gasteiger partial charge on any atom is -0.325 e. The summed E-state index contributed by atoms with van der Waals surface area (Å²) in [5, 5.41) is 9.63. The maximum atomic E-state index is 12.0. The van der Waals surface area contributed by atoms with Crippen LogP contribution in [0.5, 0.6) is 0 Å². The topological polar surface area (TPSA) is 83.8 Å². The molecule has 5 nitrogen and oxygen atoms in total. The Morgan fingerprint density at radius 1 is 1.24 bits per heavy atom. The van der Waals surface area contributed by atoms with Gasteiger partial charge in [-0.3, -0.25) is 9.89 Å². The molecule has 114 valence electrons. The van der Waals surface area contributed by atoms with Crippen LogP contribution in [-0.2, 0) is 4.79 Å². The molecule has 1 amide bonds. The summed E-state index contributed by atoms with van der Waals surface area (Å²) in [6.07, 6.45) is 1.70. The second kappa shape index (κ2) is 6.74. The Labute approximate surface area is 130 Å². The molecule has 0 aliphatic heterocycles. The van der Waals surface area contributed by atoms with Gasteiger partial charge in [0.15, 0.2) is 0 Å². The summed E-state index contributed by atoms with van der Waals surface area (Å²) >= 11 is 0. The second-order valence-corrected chi connectivity index (χ2v) is 5.88. The molecule has 0 saturated heterocycles. The van der Waals surface area contributed by atoms with E-state index < -0.39 is 6.04 Å². The number of hydrogen-bond acceptors (Lipinski definition) is 3. The van der Waals surface area contributed by atoms with Crippen LogP contribution in [0.1, 0.15) is 20.8 Å². The van der Waals surface area contributed by atoms with E-state index in [2.05, 4.69) is 15.5 Å². The lowest BCUT2D eigenvalue weighted by molar-refractivity contribution is -0.119. The number of amides is 1. The Kier molecular flexibility index (Phi) is 5.52. The van der Waals surface area contributed by atoms with Crippen molar-refractivity contribution in [2.45, 2.75) is 26.8 Å². The molecule has 1 heterocycles. The largest absolute Gasteiger partial charge is 0.325 e. The Morgan fingerprint density at radius 2 is 1.86 bits per heavy atom. The number of nitrogens with one attached hydrogen (secondary N) is 2. The molecular weight excluding hydrogens is 288 g/mol. The Bertz CT molecular complexity index is 573. The fourth-order valence-corrected chi connectivity index (χ4v) is 1.76. The zero-order valence-corrected chi connectivity index (χ0v) is 13.2. The molecule has 0 bridgehead atoms. The van der Waals surface area contributed by atoms with Crippen LogP contribution in [0.3, 0.4) is 0 Å². The number of aromatic amines is 1. The number of benzene rings is 1. The van der Waals surface area contributed by atoms with Gasteiger partial charge in [-0.1, -0.05) is 32.9 Å². The first-order valence-electron chi connectivity index (χ1n) is 6.54. The predicted octanol–water partition coefficient (Wildman–Crippen LogP) is 2.81. The third kappa shape index (κ3) is 4.31. The van der Waals surface area contributed by atoms with Gasteiger partial charge in [-0.05, 0) is 29.2 Å². The molecule has 0 aliphatic rings. The molecule has 0 saturated carbocycles. The number of nitrogens with two attached hydrogens (primary N) is 1. The lowest BCUT2D eigenvalue weighted by Crippen LogP contribution is -2.45. The average molecular weight is 309 g/mol. The summed E-state index contributed by atoms with van der Waals surface area (Å²) in [5.74, 6) is -0.174. The lowest BCUT2D eigenvalue weighted by atomic mass is 9.87. The molecule has 1 aromatic heterocycles. The van der Waals surface area contributed by atoms with Gasteiger partial charge < -0.3 is 11.1 Å². The summed E-state index contributed by atoms with van der Waals surface area (Å²) in [7, 11) is 0. The van der Waals surface area contributed by atoms with Gasteiger partial charge in [-0.15, -0.1) is 12.4 Å². The molecule has 1 atom stereocenters. The smallest absolute Gasteiger partial charge is 0.241 e. The molecule has 2 rings (SSSR count). The zero-order chi connectivity index (χ0) is 14.8. The number of carbonyl (C=O) groups is 1. The maximum Gasteiger partial charge on any atom is 0.241 e. The number of anilines is 1. The van der Waals surface area contributed by atoms with E-state index in [1.54, 1.807) is 6.20 Å². The van der Waals surface area contributed by atoms with Crippen LogP contribution in [0.25, 0.3) is 11.3 Å². The molecule has 4 N–H and O–H groups in total. The monoisotopic (exact) mass is 308 g/mol. The van der Waals surface area contributed by atoms with Crippen LogP contribution in [0.15, 0.2) is 36.5 Å². The van der Waals surface area contributed by atoms with Crippen LogP contribution >= 0.6 is 12.4 Å². The molecule has 0 spiro atoms.